The highest BCUT2D eigenvalue weighted by Crippen LogP contribution is 2.29. The summed E-state index contributed by atoms with van der Waals surface area (Å²) < 4.78 is 1.76. The predicted molar refractivity (Wildman–Crippen MR) is 115 cm³/mol. The second-order valence-corrected chi connectivity index (χ2v) is 7.49. The Kier molecular flexibility index (Phi) is 5.47. The van der Waals surface area contributed by atoms with E-state index in [0.717, 1.165) is 31.6 Å². The van der Waals surface area contributed by atoms with E-state index in [0.29, 0.717) is 16.8 Å². The van der Waals surface area contributed by atoms with Crippen LogP contribution < -0.4 is 10.2 Å². The minimum Gasteiger partial charge on any atom is -0.375 e. The third-order valence-electron chi connectivity index (χ3n) is 5.33. The Morgan fingerprint density at radius 3 is 2.70 bits per heavy atom. The highest BCUT2D eigenvalue weighted by molar-refractivity contribution is 6.09. The smallest absolute Gasteiger partial charge is 0.293 e. The maximum atomic E-state index is 12.7. The lowest BCUT2D eigenvalue weighted by Crippen LogP contribution is -2.42. The number of hydrogen-bond donors (Lipinski definition) is 1. The normalized spacial score (nSPS) is 16.3. The maximum Gasteiger partial charge on any atom is 0.293 e. The molecule has 1 unspecified atom stereocenters. The Balaban J connectivity index is 1.53. The topological polar surface area (TPSA) is 93.3 Å². The molecule has 1 N–H and O–H groups in total. The van der Waals surface area contributed by atoms with Crippen LogP contribution in [0.1, 0.15) is 28.8 Å². The number of rotatable bonds is 6. The van der Waals surface area contributed by atoms with Gasteiger partial charge in [-0.2, -0.15) is 5.10 Å². The summed E-state index contributed by atoms with van der Waals surface area (Å²) in [6.45, 7) is 1.66. The molecule has 8 heteroatoms. The molecule has 0 aliphatic carbocycles. The maximum absolute atomic E-state index is 12.7. The lowest BCUT2D eigenvalue weighted by Gasteiger charge is -2.34. The van der Waals surface area contributed by atoms with Crippen LogP contribution >= 0.6 is 0 Å². The van der Waals surface area contributed by atoms with E-state index in [1.165, 1.54) is 6.07 Å². The van der Waals surface area contributed by atoms with E-state index in [1.54, 1.807) is 41.1 Å². The molecule has 4 rings (SSSR count). The summed E-state index contributed by atoms with van der Waals surface area (Å²) >= 11 is 0. The average Bonchev–Trinajstić information content (AvgIpc) is 3.20. The summed E-state index contributed by atoms with van der Waals surface area (Å²) in [5.41, 5.74) is 2.20. The molecule has 0 bridgehead atoms. The number of carbonyl (C=O) groups excluding carboxylic acids is 1. The summed E-state index contributed by atoms with van der Waals surface area (Å²) in [5.74, 6) is -0.231. The number of benzene rings is 2. The van der Waals surface area contributed by atoms with E-state index in [4.69, 9.17) is 0 Å². The highest BCUT2D eigenvalue weighted by atomic mass is 16.6. The van der Waals surface area contributed by atoms with Gasteiger partial charge in [-0.05, 0) is 25.0 Å². The van der Waals surface area contributed by atoms with Gasteiger partial charge in [-0.3, -0.25) is 19.6 Å². The number of nitrogens with zero attached hydrogens (tertiary/aromatic N) is 4. The Morgan fingerprint density at radius 2 is 2.00 bits per heavy atom. The standard InChI is InChI=1S/C22H23N5O3/c1-25-15-19(13-23-25)26-11-5-8-18(14-26)24-20-10-9-17(12-21(20)27(29)30)22(28)16-6-3-2-4-7-16/h2-4,6-7,9-10,12-13,15,18,24H,5,8,11,14H2,1H3. The zero-order chi connectivity index (χ0) is 21.1. The molecule has 0 radical (unpaired) electrons. The number of nitro benzene ring substituents is 1. The number of aromatic nitrogens is 2. The van der Waals surface area contributed by atoms with Crippen LogP contribution in [0.15, 0.2) is 60.9 Å². The molecule has 2 heterocycles. The van der Waals surface area contributed by atoms with Crippen LogP contribution in [0.25, 0.3) is 0 Å². The highest BCUT2D eigenvalue weighted by Gasteiger charge is 2.24. The van der Waals surface area contributed by atoms with Crippen LogP contribution in [0.5, 0.6) is 0 Å². The quantitative estimate of drug-likeness (QED) is 0.382. The summed E-state index contributed by atoms with van der Waals surface area (Å²) in [4.78, 5) is 26.2. The van der Waals surface area contributed by atoms with Crippen LogP contribution in [0.4, 0.5) is 17.1 Å². The fourth-order valence-electron chi connectivity index (χ4n) is 3.82. The van der Waals surface area contributed by atoms with Crippen molar-refractivity contribution >= 4 is 22.8 Å². The zero-order valence-electron chi connectivity index (χ0n) is 16.7. The van der Waals surface area contributed by atoms with Gasteiger partial charge in [0.05, 0.1) is 16.8 Å². The number of nitro groups is 1. The van der Waals surface area contributed by atoms with E-state index in [2.05, 4.69) is 15.3 Å². The fourth-order valence-corrected chi connectivity index (χ4v) is 3.82. The van der Waals surface area contributed by atoms with Gasteiger partial charge >= 0.3 is 0 Å². The third kappa shape index (κ3) is 4.17. The summed E-state index contributed by atoms with van der Waals surface area (Å²) in [6, 6.07) is 13.5. The van der Waals surface area contributed by atoms with Gasteiger partial charge in [0.15, 0.2) is 5.78 Å². The summed E-state index contributed by atoms with van der Waals surface area (Å²) in [6.07, 6.45) is 5.69. The van der Waals surface area contributed by atoms with Gasteiger partial charge in [-0.25, -0.2) is 0 Å². The van der Waals surface area contributed by atoms with E-state index >= 15 is 0 Å². The minimum absolute atomic E-state index is 0.0633. The van der Waals surface area contributed by atoms with Gasteiger partial charge in [0.1, 0.15) is 5.69 Å². The number of piperidine rings is 1. The SMILES string of the molecule is Cn1cc(N2CCCC(Nc3ccc(C(=O)c4ccccc4)cc3[N+](=O)[O-])C2)cn1. The molecule has 30 heavy (non-hydrogen) atoms. The number of nitrogens with one attached hydrogen (secondary N) is 1. The van der Waals surface area contributed by atoms with Crippen molar-refractivity contribution in [3.05, 3.63) is 82.2 Å². The van der Waals surface area contributed by atoms with Gasteiger partial charge in [0.25, 0.3) is 5.69 Å². The number of carbonyl (C=O) groups is 1. The molecule has 1 aliphatic rings. The molecule has 1 saturated heterocycles. The second kappa shape index (κ2) is 8.36. The first kappa shape index (κ1) is 19.6. The molecule has 154 valence electrons. The average molecular weight is 405 g/mol. The lowest BCUT2D eigenvalue weighted by atomic mass is 10.0. The Bertz CT molecular complexity index is 1060. The predicted octanol–water partition coefficient (Wildman–Crippen LogP) is 3.64. The van der Waals surface area contributed by atoms with Gasteiger partial charge in [-0.1, -0.05) is 30.3 Å². The molecule has 1 aromatic heterocycles. The Hall–Kier alpha value is -3.68. The van der Waals surface area contributed by atoms with Gasteiger partial charge in [-0.15, -0.1) is 0 Å². The summed E-state index contributed by atoms with van der Waals surface area (Å²) in [7, 11) is 1.88. The van der Waals surface area contributed by atoms with Crippen molar-refractivity contribution in [1.82, 2.24) is 9.78 Å². The van der Waals surface area contributed by atoms with E-state index < -0.39 is 4.92 Å². The Labute approximate surface area is 174 Å². The number of anilines is 2. The van der Waals surface area contributed by atoms with Crippen molar-refractivity contribution in [2.24, 2.45) is 7.05 Å². The van der Waals surface area contributed by atoms with E-state index in [1.807, 2.05) is 25.5 Å². The number of aryl methyl sites for hydroxylation is 1. The van der Waals surface area contributed by atoms with E-state index in [-0.39, 0.29) is 17.5 Å². The van der Waals surface area contributed by atoms with Gasteiger partial charge in [0.2, 0.25) is 0 Å². The second-order valence-electron chi connectivity index (χ2n) is 7.49. The molecule has 1 atom stereocenters. The van der Waals surface area contributed by atoms with Crippen molar-refractivity contribution < 1.29 is 9.72 Å². The third-order valence-corrected chi connectivity index (χ3v) is 5.33. The molecule has 0 amide bonds. The van der Waals surface area contributed by atoms with Crippen molar-refractivity contribution in [2.75, 3.05) is 23.3 Å². The van der Waals surface area contributed by atoms with Crippen molar-refractivity contribution in [3.8, 4) is 0 Å². The molecule has 1 aliphatic heterocycles. The van der Waals surface area contributed by atoms with Crippen molar-refractivity contribution in [3.63, 3.8) is 0 Å². The molecular weight excluding hydrogens is 382 g/mol. The van der Waals surface area contributed by atoms with Crippen LogP contribution in [0, 0.1) is 10.1 Å². The van der Waals surface area contributed by atoms with Crippen LogP contribution in [0.3, 0.4) is 0 Å². The molecule has 0 spiro atoms. The molecular formula is C22H23N5O3. The zero-order valence-corrected chi connectivity index (χ0v) is 16.7. The first-order valence-corrected chi connectivity index (χ1v) is 9.89. The number of ketones is 1. The fraction of sp³-hybridized carbons (Fsp3) is 0.273. The van der Waals surface area contributed by atoms with Crippen molar-refractivity contribution in [2.45, 2.75) is 18.9 Å². The molecule has 2 aromatic carbocycles. The number of hydrogen-bond acceptors (Lipinski definition) is 6. The molecule has 8 nitrogen and oxygen atoms in total. The monoisotopic (exact) mass is 405 g/mol. The van der Waals surface area contributed by atoms with Crippen LogP contribution in [-0.2, 0) is 7.05 Å². The summed E-state index contributed by atoms with van der Waals surface area (Å²) in [5, 5.41) is 19.2. The first-order chi connectivity index (χ1) is 14.5. The Morgan fingerprint density at radius 1 is 1.20 bits per heavy atom. The van der Waals surface area contributed by atoms with Crippen molar-refractivity contribution in [1.29, 1.82) is 0 Å². The van der Waals surface area contributed by atoms with Gasteiger partial charge in [0, 0.05) is 49.6 Å². The lowest BCUT2D eigenvalue weighted by molar-refractivity contribution is -0.384. The van der Waals surface area contributed by atoms with Crippen LogP contribution in [-0.4, -0.2) is 39.6 Å². The molecule has 1 fully saturated rings. The molecule has 0 saturated carbocycles. The minimum atomic E-state index is -0.439. The largest absolute Gasteiger partial charge is 0.375 e. The van der Waals surface area contributed by atoms with Gasteiger partial charge < -0.3 is 10.2 Å². The van der Waals surface area contributed by atoms with Crippen LogP contribution in [0.2, 0.25) is 0 Å². The molecule has 3 aromatic rings. The first-order valence-electron chi connectivity index (χ1n) is 9.89. The van der Waals surface area contributed by atoms with E-state index in [9.17, 15) is 14.9 Å².